The maximum atomic E-state index is 14.7. The van der Waals surface area contributed by atoms with Crippen LogP contribution >= 0.6 is 0 Å². The second kappa shape index (κ2) is 11.4. The maximum absolute atomic E-state index is 14.7. The summed E-state index contributed by atoms with van der Waals surface area (Å²) in [6.45, 7) is 7.31. The number of alkyl halides is 3. The lowest BCUT2D eigenvalue weighted by molar-refractivity contribution is -0.175. The number of ketones is 1. The molecule has 10 heteroatoms. The number of aliphatic hydroxyl groups excluding tert-OH is 1. The third-order valence-electron chi connectivity index (χ3n) is 13.8. The molecule has 1 aromatic rings. The fraction of sp³-hybridized carbons (Fsp3) is 0.684. The molecule has 1 aliphatic heterocycles. The van der Waals surface area contributed by atoms with Crippen LogP contribution in [0.25, 0.3) is 0 Å². The number of rotatable bonds is 7. The van der Waals surface area contributed by atoms with Gasteiger partial charge in [-0.3, -0.25) is 4.79 Å². The topological polar surface area (TPSA) is 96.3 Å². The van der Waals surface area contributed by atoms with Gasteiger partial charge in [-0.2, -0.15) is 13.2 Å². The van der Waals surface area contributed by atoms with E-state index in [0.29, 0.717) is 57.2 Å². The average Bonchev–Trinajstić information content (AvgIpc) is 3.65. The van der Waals surface area contributed by atoms with E-state index in [1.54, 1.807) is 11.8 Å². The van der Waals surface area contributed by atoms with Crippen LogP contribution in [0.15, 0.2) is 48.1 Å². The highest BCUT2D eigenvalue weighted by molar-refractivity contribution is 6.10. The van der Waals surface area contributed by atoms with Crippen molar-refractivity contribution in [2.75, 3.05) is 26.3 Å². The largest absolute Gasteiger partial charge is 0.450 e. The molecule has 4 fully saturated rings. The molecule has 262 valence electrons. The first kappa shape index (κ1) is 33.8. The number of carbonyl (C=O) groups is 2. The van der Waals surface area contributed by atoms with Crippen molar-refractivity contribution in [2.24, 2.45) is 33.5 Å². The fourth-order valence-electron chi connectivity index (χ4n) is 11.4. The molecular weight excluding hydrogens is 623 g/mol. The average molecular weight is 672 g/mol. The summed E-state index contributed by atoms with van der Waals surface area (Å²) in [5, 5.41) is 23.7. The normalized spacial score (nSPS) is 41.3. The van der Waals surface area contributed by atoms with E-state index < -0.39 is 51.6 Å². The number of hydrogen-bond donors (Lipinski definition) is 2. The number of hydrogen-bond acceptors (Lipinski definition) is 6. The van der Waals surface area contributed by atoms with Crippen LogP contribution in [0, 0.1) is 33.5 Å². The zero-order chi connectivity index (χ0) is 34.3. The van der Waals surface area contributed by atoms with Gasteiger partial charge in [0.25, 0.3) is 0 Å². The van der Waals surface area contributed by atoms with Crippen LogP contribution in [0.3, 0.4) is 0 Å². The van der Waals surface area contributed by atoms with E-state index in [-0.39, 0.29) is 42.1 Å². The predicted octanol–water partition coefficient (Wildman–Crippen LogP) is 7.12. The van der Waals surface area contributed by atoms with E-state index in [1.165, 1.54) is 12.1 Å². The van der Waals surface area contributed by atoms with Gasteiger partial charge in [0, 0.05) is 34.0 Å². The second-order valence-electron chi connectivity index (χ2n) is 15.9. The van der Waals surface area contributed by atoms with Crippen molar-refractivity contribution in [3.8, 4) is 0 Å². The van der Waals surface area contributed by atoms with Crippen LogP contribution in [0.2, 0.25) is 0 Å². The van der Waals surface area contributed by atoms with Gasteiger partial charge in [0.15, 0.2) is 5.78 Å². The Morgan fingerprint density at radius 1 is 1.04 bits per heavy atom. The molecule has 1 amide bonds. The molecule has 2 spiro atoms. The molecule has 1 unspecified atom stereocenters. The van der Waals surface area contributed by atoms with E-state index in [0.717, 1.165) is 31.4 Å². The molecule has 0 aromatic heterocycles. The van der Waals surface area contributed by atoms with E-state index in [1.807, 2.05) is 6.08 Å². The summed E-state index contributed by atoms with van der Waals surface area (Å²) in [5.41, 5.74) is -4.12. The molecule has 7 aliphatic rings. The van der Waals surface area contributed by atoms with Gasteiger partial charge >= 0.3 is 12.3 Å². The lowest BCUT2D eigenvalue weighted by Gasteiger charge is -2.71. The summed E-state index contributed by atoms with van der Waals surface area (Å²) in [6.07, 6.45) is 6.50. The summed E-state index contributed by atoms with van der Waals surface area (Å²) >= 11 is 0. The maximum Gasteiger partial charge on any atom is 0.416 e. The molecule has 1 saturated heterocycles. The highest BCUT2D eigenvalue weighted by Gasteiger charge is 2.74. The molecular formula is C38H48F3NO6. The van der Waals surface area contributed by atoms with Gasteiger partial charge in [0.05, 0.1) is 43.1 Å². The minimum atomic E-state index is -4.60. The minimum Gasteiger partial charge on any atom is -0.450 e. The molecule has 6 aliphatic carbocycles. The van der Waals surface area contributed by atoms with Crippen molar-refractivity contribution in [1.82, 2.24) is 4.90 Å². The molecule has 9 atom stereocenters. The number of aliphatic hydroxyl groups is 2. The number of ether oxygens (including phenoxy) is 2. The highest BCUT2D eigenvalue weighted by atomic mass is 19.4. The molecule has 0 radical (unpaired) electrons. The number of carbonyl (C=O) groups excluding carboxylic acids is 2. The van der Waals surface area contributed by atoms with E-state index in [2.05, 4.69) is 26.0 Å². The Hall–Kier alpha value is -2.69. The molecule has 8 rings (SSSR count). The predicted molar refractivity (Wildman–Crippen MR) is 172 cm³/mol. The van der Waals surface area contributed by atoms with E-state index in [9.17, 15) is 33.0 Å². The van der Waals surface area contributed by atoms with Crippen molar-refractivity contribution in [3.05, 3.63) is 59.2 Å². The van der Waals surface area contributed by atoms with Crippen LogP contribution in [0.5, 0.6) is 0 Å². The first-order valence-corrected chi connectivity index (χ1v) is 17.7. The second-order valence-corrected chi connectivity index (χ2v) is 15.9. The number of fused-ring (bicyclic) bond motifs is 1. The van der Waals surface area contributed by atoms with Crippen LogP contribution in [-0.2, 0) is 15.7 Å². The van der Waals surface area contributed by atoms with Crippen LogP contribution in [0.4, 0.5) is 18.0 Å². The van der Waals surface area contributed by atoms with Crippen molar-refractivity contribution in [1.29, 1.82) is 0 Å². The lowest BCUT2D eigenvalue weighted by atomic mass is 9.32. The smallest absolute Gasteiger partial charge is 0.416 e. The summed E-state index contributed by atoms with van der Waals surface area (Å²) in [4.78, 5) is 29.5. The molecule has 3 saturated carbocycles. The van der Waals surface area contributed by atoms with Crippen molar-refractivity contribution in [2.45, 2.75) is 103 Å². The number of Topliss-reactive ketones (excluding diaryl/α,β-unsaturated/α-hetero) is 1. The highest BCUT2D eigenvalue weighted by Crippen LogP contribution is 2.78. The zero-order valence-electron chi connectivity index (χ0n) is 28.2. The zero-order valence-corrected chi connectivity index (χ0v) is 28.2. The van der Waals surface area contributed by atoms with Crippen LogP contribution in [0.1, 0.15) is 94.5 Å². The lowest BCUT2D eigenvalue weighted by Crippen LogP contribution is -2.67. The van der Waals surface area contributed by atoms with E-state index in [4.69, 9.17) is 9.47 Å². The summed E-state index contributed by atoms with van der Waals surface area (Å²) in [5.74, 6) is -0.645. The molecule has 2 N–H and O–H groups in total. The third-order valence-corrected chi connectivity index (χ3v) is 13.8. The molecule has 2 bridgehead atoms. The van der Waals surface area contributed by atoms with Crippen molar-refractivity contribution in [3.63, 3.8) is 0 Å². The number of nitrogens with zero attached hydrogens (tertiary/aromatic N) is 1. The Morgan fingerprint density at radius 2 is 1.77 bits per heavy atom. The van der Waals surface area contributed by atoms with Gasteiger partial charge in [0.1, 0.15) is 0 Å². The third kappa shape index (κ3) is 4.78. The summed E-state index contributed by atoms with van der Waals surface area (Å²) in [6, 6.07) is 4.67. The molecule has 1 heterocycles. The SMILES string of the molecule is CCOC(=O)N(C[C@H]1CCCO1)C[C@]1(O)CC[C@H]2[C@]34C=C[C@@]5(C=C3C(=O)c3cccc(C(F)(F)F)c3)CC(O)CC[C@]5(C)[C@H]4CC[C@@]21C. The number of benzene rings is 1. The molecule has 1 aromatic carbocycles. The molecule has 7 nitrogen and oxygen atoms in total. The first-order valence-electron chi connectivity index (χ1n) is 17.7. The van der Waals surface area contributed by atoms with Crippen LogP contribution in [-0.4, -0.2) is 71.1 Å². The fourth-order valence-corrected chi connectivity index (χ4v) is 11.4. The Morgan fingerprint density at radius 3 is 2.48 bits per heavy atom. The standard InChI is InChI=1S/C38H48F3NO6/c1-4-47-32(45)42(22-27-9-6-18-48-27)23-36(46)15-12-30-34(36,3)14-11-29-33(2)13-10-26(43)20-35(33)16-17-37(29,30)28(21-35)31(44)24-7-5-8-25(19-24)38(39,40)41/h5,7-8,16-17,19,21,26-27,29-30,43,46H,4,6,9-15,18,20,22-23H2,1-3H3/t26?,27-,29-,30-,33-,34+,35+,36-,37-/m1/s1. The number of halogens is 3. The van der Waals surface area contributed by atoms with Gasteiger partial charge in [-0.25, -0.2) is 4.79 Å². The number of amides is 1. The molecule has 48 heavy (non-hydrogen) atoms. The van der Waals surface area contributed by atoms with Gasteiger partial charge in [-0.15, -0.1) is 0 Å². The first-order chi connectivity index (χ1) is 22.6. The quantitative estimate of drug-likeness (QED) is 0.237. The van der Waals surface area contributed by atoms with Gasteiger partial charge < -0.3 is 24.6 Å². The Bertz CT molecular complexity index is 1540. The monoisotopic (exact) mass is 671 g/mol. The Labute approximate surface area is 280 Å². The Kier molecular flexibility index (Phi) is 8.04. The van der Waals surface area contributed by atoms with Crippen LogP contribution < -0.4 is 0 Å². The number of allylic oxidation sites excluding steroid dienone is 4. The Balaban J connectivity index is 1.31. The van der Waals surface area contributed by atoms with Gasteiger partial charge in [-0.1, -0.05) is 44.2 Å². The van der Waals surface area contributed by atoms with Gasteiger partial charge in [-0.05, 0) is 94.1 Å². The van der Waals surface area contributed by atoms with E-state index >= 15 is 0 Å². The van der Waals surface area contributed by atoms with Crippen molar-refractivity contribution >= 4 is 11.9 Å². The summed E-state index contributed by atoms with van der Waals surface area (Å²) < 4.78 is 52.7. The van der Waals surface area contributed by atoms with Gasteiger partial charge in [0.2, 0.25) is 0 Å². The summed E-state index contributed by atoms with van der Waals surface area (Å²) in [7, 11) is 0. The minimum absolute atomic E-state index is 0.00859. The van der Waals surface area contributed by atoms with Crippen molar-refractivity contribution < 1.29 is 42.4 Å².